The molecule has 1 saturated carbocycles. The Bertz CT molecular complexity index is 496. The van der Waals surface area contributed by atoms with E-state index in [9.17, 15) is 9.59 Å². The van der Waals surface area contributed by atoms with Gasteiger partial charge in [-0.05, 0) is 25.0 Å². The van der Waals surface area contributed by atoms with Gasteiger partial charge in [-0.1, -0.05) is 43.9 Å². The maximum absolute atomic E-state index is 12.7. The fraction of sp³-hybridized carbons (Fsp3) is 0.556. The molecule has 5 heteroatoms. The molecule has 0 atom stereocenters. The number of anilines is 1. The molecule has 2 rings (SSSR count). The van der Waals surface area contributed by atoms with Crippen LogP contribution in [-0.2, 0) is 9.53 Å². The maximum Gasteiger partial charge on any atom is 0.322 e. The Morgan fingerprint density at radius 1 is 1.13 bits per heavy atom. The predicted octanol–water partition coefficient (Wildman–Crippen LogP) is 3.81. The number of carbonyl (C=O) groups excluding carboxylic acids is 2. The van der Waals surface area contributed by atoms with Crippen LogP contribution in [0.3, 0.4) is 0 Å². The summed E-state index contributed by atoms with van der Waals surface area (Å²) in [7, 11) is 1.38. The number of carbonyl (C=O) groups is 2. The average molecular weight is 318 g/mol. The third-order valence-corrected chi connectivity index (χ3v) is 4.34. The fourth-order valence-electron chi connectivity index (χ4n) is 3.05. The largest absolute Gasteiger partial charge is 0.469 e. The number of hydrogen-bond acceptors (Lipinski definition) is 3. The topological polar surface area (TPSA) is 58.6 Å². The molecule has 2 amide bonds. The normalized spacial score (nSPS) is 15.5. The van der Waals surface area contributed by atoms with Gasteiger partial charge in [0.05, 0.1) is 13.5 Å². The molecule has 0 spiro atoms. The molecule has 1 aliphatic carbocycles. The Hall–Kier alpha value is -2.04. The van der Waals surface area contributed by atoms with Crippen LogP contribution >= 0.6 is 0 Å². The molecule has 0 aliphatic heterocycles. The second kappa shape index (κ2) is 9.18. The lowest BCUT2D eigenvalue weighted by Crippen LogP contribution is -2.44. The molecule has 0 heterocycles. The lowest BCUT2D eigenvalue weighted by molar-refractivity contribution is -0.140. The van der Waals surface area contributed by atoms with Gasteiger partial charge in [-0.15, -0.1) is 0 Å². The van der Waals surface area contributed by atoms with E-state index in [1.165, 1.54) is 20.0 Å². The van der Waals surface area contributed by atoms with E-state index < -0.39 is 0 Å². The van der Waals surface area contributed by atoms with Crippen molar-refractivity contribution in [2.24, 2.45) is 0 Å². The molecule has 0 unspecified atom stereocenters. The van der Waals surface area contributed by atoms with Crippen molar-refractivity contribution in [3.63, 3.8) is 0 Å². The van der Waals surface area contributed by atoms with Crippen LogP contribution in [0.1, 0.15) is 44.9 Å². The zero-order chi connectivity index (χ0) is 16.5. The van der Waals surface area contributed by atoms with Crippen molar-refractivity contribution in [3.05, 3.63) is 30.3 Å². The number of urea groups is 1. The summed E-state index contributed by atoms with van der Waals surface area (Å²) < 4.78 is 4.71. The second-order valence-corrected chi connectivity index (χ2v) is 5.96. The minimum atomic E-state index is -0.281. The number of hydrogen-bond donors (Lipinski definition) is 1. The summed E-state index contributed by atoms with van der Waals surface area (Å²) in [5, 5.41) is 2.94. The SMILES string of the molecule is COC(=O)CCN(C(=O)Nc1ccccc1)C1CCCCCC1. The van der Waals surface area contributed by atoms with Crippen molar-refractivity contribution in [2.45, 2.75) is 51.0 Å². The van der Waals surface area contributed by atoms with Crippen LogP contribution in [0.4, 0.5) is 10.5 Å². The summed E-state index contributed by atoms with van der Waals surface area (Å²) in [5.74, 6) is -0.281. The first kappa shape index (κ1) is 17.3. The molecule has 0 saturated heterocycles. The predicted molar refractivity (Wildman–Crippen MR) is 90.3 cm³/mol. The summed E-state index contributed by atoms with van der Waals surface area (Å²) >= 11 is 0. The van der Waals surface area contributed by atoms with Crippen LogP contribution < -0.4 is 5.32 Å². The van der Waals surface area contributed by atoms with Gasteiger partial charge >= 0.3 is 12.0 Å². The van der Waals surface area contributed by atoms with E-state index in [0.717, 1.165) is 31.4 Å². The molecule has 1 N–H and O–H groups in total. The molecule has 5 nitrogen and oxygen atoms in total. The number of benzene rings is 1. The third-order valence-electron chi connectivity index (χ3n) is 4.34. The van der Waals surface area contributed by atoms with Crippen LogP contribution in [0.2, 0.25) is 0 Å². The van der Waals surface area contributed by atoms with E-state index >= 15 is 0 Å². The molecule has 1 aromatic rings. The highest BCUT2D eigenvalue weighted by Crippen LogP contribution is 2.23. The minimum Gasteiger partial charge on any atom is -0.469 e. The van der Waals surface area contributed by atoms with Gasteiger partial charge in [-0.3, -0.25) is 4.79 Å². The molecule has 23 heavy (non-hydrogen) atoms. The third kappa shape index (κ3) is 5.58. The minimum absolute atomic E-state index is 0.132. The van der Waals surface area contributed by atoms with Gasteiger partial charge in [0.25, 0.3) is 0 Å². The standard InChI is InChI=1S/C18H26N2O3/c1-23-17(21)13-14-20(16-11-7-2-3-8-12-16)18(22)19-15-9-5-4-6-10-15/h4-6,9-10,16H,2-3,7-8,11-14H2,1H3,(H,19,22). The zero-order valence-corrected chi connectivity index (χ0v) is 13.8. The van der Waals surface area contributed by atoms with Gasteiger partial charge in [-0.25, -0.2) is 4.79 Å². The molecule has 0 aromatic heterocycles. The van der Waals surface area contributed by atoms with Gasteiger partial charge in [0, 0.05) is 18.3 Å². The van der Waals surface area contributed by atoms with E-state index in [1.807, 2.05) is 35.2 Å². The number of rotatable bonds is 5. The molecular weight excluding hydrogens is 292 g/mol. The highest BCUT2D eigenvalue weighted by molar-refractivity contribution is 5.89. The van der Waals surface area contributed by atoms with Crippen LogP contribution in [0, 0.1) is 0 Å². The quantitative estimate of drug-likeness (QED) is 0.663. The van der Waals surface area contributed by atoms with Crippen molar-refractivity contribution < 1.29 is 14.3 Å². The van der Waals surface area contributed by atoms with Gasteiger partial charge in [0.15, 0.2) is 0 Å². The molecule has 1 fully saturated rings. The summed E-state index contributed by atoms with van der Waals surface area (Å²) in [4.78, 5) is 26.0. The Labute approximate surface area is 138 Å². The summed E-state index contributed by atoms with van der Waals surface area (Å²) in [6, 6.07) is 9.49. The highest BCUT2D eigenvalue weighted by Gasteiger charge is 2.25. The summed E-state index contributed by atoms with van der Waals surface area (Å²) in [5.41, 5.74) is 0.772. The second-order valence-electron chi connectivity index (χ2n) is 5.96. The first-order chi connectivity index (χ1) is 11.2. The Kier molecular flexibility index (Phi) is 6.91. The zero-order valence-electron chi connectivity index (χ0n) is 13.8. The Morgan fingerprint density at radius 3 is 2.39 bits per heavy atom. The lowest BCUT2D eigenvalue weighted by Gasteiger charge is -2.31. The number of ether oxygens (including phenoxy) is 1. The number of amides is 2. The average Bonchev–Trinajstić information content (AvgIpc) is 2.85. The van der Waals surface area contributed by atoms with E-state index in [1.54, 1.807) is 0 Å². The molecule has 1 aromatic carbocycles. The smallest absolute Gasteiger partial charge is 0.322 e. The van der Waals surface area contributed by atoms with Gasteiger partial charge < -0.3 is 15.0 Å². The number of nitrogens with one attached hydrogen (secondary N) is 1. The fourth-order valence-corrected chi connectivity index (χ4v) is 3.05. The molecular formula is C18H26N2O3. The van der Waals surface area contributed by atoms with Crippen LogP contribution in [-0.4, -0.2) is 36.6 Å². The molecule has 0 bridgehead atoms. The summed E-state index contributed by atoms with van der Waals surface area (Å²) in [6.07, 6.45) is 6.96. The van der Waals surface area contributed by atoms with Crippen LogP contribution in [0.5, 0.6) is 0 Å². The van der Waals surface area contributed by atoms with Gasteiger partial charge in [0.1, 0.15) is 0 Å². The Morgan fingerprint density at radius 2 is 1.78 bits per heavy atom. The summed E-state index contributed by atoms with van der Waals surface area (Å²) in [6.45, 7) is 0.399. The first-order valence-electron chi connectivity index (χ1n) is 8.40. The van der Waals surface area contributed by atoms with Gasteiger partial charge in [-0.2, -0.15) is 0 Å². The Balaban J connectivity index is 2.04. The molecule has 126 valence electrons. The lowest BCUT2D eigenvalue weighted by atomic mass is 10.1. The first-order valence-corrected chi connectivity index (χ1v) is 8.40. The van der Waals surface area contributed by atoms with Crippen LogP contribution in [0.25, 0.3) is 0 Å². The van der Waals surface area contributed by atoms with E-state index in [4.69, 9.17) is 4.74 Å². The molecule has 1 aliphatic rings. The number of methoxy groups -OCH3 is 1. The number of nitrogens with zero attached hydrogens (tertiary/aromatic N) is 1. The van der Waals surface area contributed by atoms with Crippen molar-refractivity contribution in [1.29, 1.82) is 0 Å². The van der Waals surface area contributed by atoms with Crippen molar-refractivity contribution in [2.75, 3.05) is 19.0 Å². The monoisotopic (exact) mass is 318 g/mol. The number of esters is 1. The van der Waals surface area contributed by atoms with E-state index in [2.05, 4.69) is 5.32 Å². The molecule has 0 radical (unpaired) electrons. The number of para-hydroxylation sites is 1. The van der Waals surface area contributed by atoms with Crippen molar-refractivity contribution >= 4 is 17.7 Å². The highest BCUT2D eigenvalue weighted by atomic mass is 16.5. The van der Waals surface area contributed by atoms with Crippen molar-refractivity contribution in [3.8, 4) is 0 Å². The van der Waals surface area contributed by atoms with E-state index in [0.29, 0.717) is 6.54 Å². The van der Waals surface area contributed by atoms with Crippen LogP contribution in [0.15, 0.2) is 30.3 Å². The van der Waals surface area contributed by atoms with E-state index in [-0.39, 0.29) is 24.5 Å². The van der Waals surface area contributed by atoms with Gasteiger partial charge in [0.2, 0.25) is 0 Å². The van der Waals surface area contributed by atoms with Crippen molar-refractivity contribution in [1.82, 2.24) is 4.90 Å². The maximum atomic E-state index is 12.7.